The Morgan fingerprint density at radius 3 is 2.25 bits per heavy atom. The monoisotopic (exact) mass is 361 g/mol. The molecule has 2 rings (SSSR count). The van der Waals surface area contributed by atoms with E-state index in [4.69, 9.17) is 10.5 Å². The van der Waals surface area contributed by atoms with Gasteiger partial charge in [-0.3, -0.25) is 14.5 Å². The maximum Gasteiger partial charge on any atom is 0.319 e. The van der Waals surface area contributed by atoms with Crippen LogP contribution < -0.4 is 5.73 Å². The lowest BCUT2D eigenvalue weighted by atomic mass is 9.90. The summed E-state index contributed by atoms with van der Waals surface area (Å²) in [6.07, 6.45) is 3.44. The van der Waals surface area contributed by atoms with Crippen molar-refractivity contribution < 1.29 is 22.7 Å². The first-order chi connectivity index (χ1) is 11.3. The molecule has 0 radical (unpaired) electrons. The minimum absolute atomic E-state index is 0.00796. The summed E-state index contributed by atoms with van der Waals surface area (Å²) in [5.41, 5.74) is 5.93. The number of rotatable bonds is 5. The molecule has 2 fully saturated rings. The van der Waals surface area contributed by atoms with Crippen LogP contribution in [0.4, 0.5) is 0 Å². The van der Waals surface area contributed by atoms with E-state index in [2.05, 4.69) is 0 Å². The molecule has 0 bridgehead atoms. The smallest absolute Gasteiger partial charge is 0.319 e. The number of amides is 1. The van der Waals surface area contributed by atoms with E-state index in [1.807, 2.05) is 4.90 Å². The molecule has 1 heterocycles. The minimum Gasteiger partial charge on any atom is -0.468 e. The van der Waals surface area contributed by atoms with Crippen molar-refractivity contribution in [3.63, 3.8) is 0 Å². The molecule has 1 aliphatic carbocycles. The second kappa shape index (κ2) is 8.26. The van der Waals surface area contributed by atoms with E-state index in [0.29, 0.717) is 0 Å². The summed E-state index contributed by atoms with van der Waals surface area (Å²) in [6.45, 7) is 0.620. The lowest BCUT2D eigenvalue weighted by Crippen LogP contribution is -2.51. The van der Waals surface area contributed by atoms with E-state index in [1.54, 1.807) is 4.90 Å². The summed E-state index contributed by atoms with van der Waals surface area (Å²) in [5.74, 6) is -0.496. The van der Waals surface area contributed by atoms with Crippen molar-refractivity contribution in [1.82, 2.24) is 9.80 Å². The van der Waals surface area contributed by atoms with Gasteiger partial charge in [0.05, 0.1) is 31.7 Å². The van der Waals surface area contributed by atoms with Gasteiger partial charge < -0.3 is 15.4 Å². The van der Waals surface area contributed by atoms with Gasteiger partial charge in [-0.2, -0.15) is 0 Å². The molecule has 8 nitrogen and oxygen atoms in total. The third-order valence-corrected chi connectivity index (χ3v) is 6.46. The number of sulfone groups is 1. The van der Waals surface area contributed by atoms with Gasteiger partial charge in [0.15, 0.2) is 9.84 Å². The second-order valence-corrected chi connectivity index (χ2v) is 8.89. The molecule has 0 aromatic rings. The number of nitrogens with zero attached hydrogens (tertiary/aromatic N) is 2. The summed E-state index contributed by atoms with van der Waals surface area (Å²) in [5, 5.41) is 0. The molecule has 0 atom stereocenters. The second-order valence-electron chi connectivity index (χ2n) is 6.58. The summed E-state index contributed by atoms with van der Waals surface area (Å²) in [6, 6.07) is 0.311. The first kappa shape index (κ1) is 19.1. The van der Waals surface area contributed by atoms with Gasteiger partial charge in [0.1, 0.15) is 0 Å². The normalized spacial score (nSPS) is 27.0. The standard InChI is InChI=1S/C15H27N3O5S/c1-23-15(20)11-18(13-4-2-12(16)3-5-13)10-14(19)17-6-8-24(21,22)9-7-17/h12-13H,2-11,16H2,1H3. The van der Waals surface area contributed by atoms with Crippen LogP contribution in [0, 0.1) is 0 Å². The highest BCUT2D eigenvalue weighted by Gasteiger charge is 2.30. The number of carbonyl (C=O) groups excluding carboxylic acids is 2. The molecule has 1 amide bonds. The van der Waals surface area contributed by atoms with Crippen molar-refractivity contribution in [2.75, 3.05) is 44.8 Å². The zero-order valence-corrected chi connectivity index (χ0v) is 15.0. The van der Waals surface area contributed by atoms with Crippen molar-refractivity contribution >= 4 is 21.7 Å². The van der Waals surface area contributed by atoms with E-state index in [9.17, 15) is 18.0 Å². The summed E-state index contributed by atoms with van der Waals surface area (Å²) in [4.78, 5) is 27.6. The van der Waals surface area contributed by atoms with Crippen LogP contribution in [-0.4, -0.2) is 87.0 Å². The lowest BCUT2D eigenvalue weighted by Gasteiger charge is -2.36. The van der Waals surface area contributed by atoms with Crippen LogP contribution in [0.1, 0.15) is 25.7 Å². The van der Waals surface area contributed by atoms with Crippen LogP contribution in [0.5, 0.6) is 0 Å². The molecular weight excluding hydrogens is 334 g/mol. The van der Waals surface area contributed by atoms with Gasteiger partial charge in [-0.15, -0.1) is 0 Å². The van der Waals surface area contributed by atoms with Crippen LogP contribution in [-0.2, 0) is 24.2 Å². The zero-order chi connectivity index (χ0) is 17.7. The number of hydrogen-bond donors (Lipinski definition) is 1. The third-order valence-electron chi connectivity index (χ3n) is 4.85. The molecule has 0 aromatic heterocycles. The maximum absolute atomic E-state index is 12.5. The summed E-state index contributed by atoms with van der Waals surface area (Å²) in [7, 11) is -1.69. The molecule has 9 heteroatoms. The quantitative estimate of drug-likeness (QED) is 0.625. The molecule has 24 heavy (non-hydrogen) atoms. The Labute approximate surface area is 143 Å². The molecule has 2 N–H and O–H groups in total. The molecule has 1 aliphatic heterocycles. The van der Waals surface area contributed by atoms with Crippen molar-refractivity contribution in [2.45, 2.75) is 37.8 Å². The first-order valence-electron chi connectivity index (χ1n) is 8.35. The van der Waals surface area contributed by atoms with Crippen LogP contribution in [0.15, 0.2) is 0 Å². The van der Waals surface area contributed by atoms with Crippen LogP contribution >= 0.6 is 0 Å². The van der Waals surface area contributed by atoms with E-state index in [1.165, 1.54) is 7.11 Å². The van der Waals surface area contributed by atoms with Crippen LogP contribution in [0.3, 0.4) is 0 Å². The Balaban J connectivity index is 1.96. The van der Waals surface area contributed by atoms with E-state index in [0.717, 1.165) is 25.7 Å². The Bertz CT molecular complexity index is 543. The molecule has 0 spiro atoms. The average Bonchev–Trinajstić information content (AvgIpc) is 2.54. The molecule has 0 unspecified atom stereocenters. The maximum atomic E-state index is 12.5. The van der Waals surface area contributed by atoms with Crippen molar-refractivity contribution in [3.05, 3.63) is 0 Å². The highest BCUT2D eigenvalue weighted by atomic mass is 32.2. The third kappa shape index (κ3) is 5.42. The molecular formula is C15H27N3O5S. The van der Waals surface area contributed by atoms with E-state index < -0.39 is 9.84 Å². The first-order valence-corrected chi connectivity index (χ1v) is 10.2. The van der Waals surface area contributed by atoms with Gasteiger partial charge in [0.2, 0.25) is 5.91 Å². The fraction of sp³-hybridized carbons (Fsp3) is 0.867. The number of hydrogen-bond acceptors (Lipinski definition) is 7. The van der Waals surface area contributed by atoms with Gasteiger partial charge in [-0.05, 0) is 25.7 Å². The topological polar surface area (TPSA) is 110 Å². The van der Waals surface area contributed by atoms with Crippen LogP contribution in [0.25, 0.3) is 0 Å². The highest BCUT2D eigenvalue weighted by molar-refractivity contribution is 7.91. The number of ether oxygens (including phenoxy) is 1. The van der Waals surface area contributed by atoms with Gasteiger partial charge in [0.25, 0.3) is 0 Å². The van der Waals surface area contributed by atoms with Crippen molar-refractivity contribution in [3.8, 4) is 0 Å². The molecule has 2 aliphatic rings. The fourth-order valence-electron chi connectivity index (χ4n) is 3.25. The number of carbonyl (C=O) groups is 2. The fourth-order valence-corrected chi connectivity index (χ4v) is 4.45. The zero-order valence-electron chi connectivity index (χ0n) is 14.1. The molecule has 1 saturated heterocycles. The molecule has 1 saturated carbocycles. The largest absolute Gasteiger partial charge is 0.468 e. The van der Waals surface area contributed by atoms with E-state index in [-0.39, 0.29) is 61.6 Å². The predicted octanol–water partition coefficient (Wildman–Crippen LogP) is -1.01. The van der Waals surface area contributed by atoms with Gasteiger partial charge in [-0.25, -0.2) is 8.42 Å². The molecule has 0 aromatic carbocycles. The number of methoxy groups -OCH3 is 1. The highest BCUT2D eigenvalue weighted by Crippen LogP contribution is 2.22. The Hall–Kier alpha value is -1.19. The Morgan fingerprint density at radius 1 is 1.12 bits per heavy atom. The van der Waals surface area contributed by atoms with Crippen molar-refractivity contribution in [2.24, 2.45) is 5.73 Å². The van der Waals surface area contributed by atoms with E-state index >= 15 is 0 Å². The Kier molecular flexibility index (Phi) is 6.59. The summed E-state index contributed by atoms with van der Waals surface area (Å²) < 4.78 is 27.7. The lowest BCUT2D eigenvalue weighted by molar-refractivity contribution is -0.144. The summed E-state index contributed by atoms with van der Waals surface area (Å²) >= 11 is 0. The minimum atomic E-state index is -3.02. The average molecular weight is 361 g/mol. The van der Waals surface area contributed by atoms with Gasteiger partial charge in [0, 0.05) is 25.2 Å². The van der Waals surface area contributed by atoms with Crippen LogP contribution in [0.2, 0.25) is 0 Å². The van der Waals surface area contributed by atoms with Gasteiger partial charge in [-0.1, -0.05) is 0 Å². The predicted molar refractivity (Wildman–Crippen MR) is 89.1 cm³/mol. The van der Waals surface area contributed by atoms with Crippen molar-refractivity contribution in [1.29, 1.82) is 0 Å². The number of nitrogens with two attached hydrogens (primary N) is 1. The SMILES string of the molecule is COC(=O)CN(CC(=O)N1CCS(=O)(=O)CC1)C1CCC(N)CC1. The van der Waals surface area contributed by atoms with Gasteiger partial charge >= 0.3 is 5.97 Å². The Morgan fingerprint density at radius 2 is 1.71 bits per heavy atom. The number of esters is 1. The molecule has 138 valence electrons.